The number of aliphatic hydroxyl groups excluding tert-OH is 1. The molecule has 2 aromatic carbocycles. The molecule has 0 heterocycles. The average Bonchev–Trinajstić information content (AvgIpc) is 2.53. The summed E-state index contributed by atoms with van der Waals surface area (Å²) < 4.78 is 0.838. The molecule has 0 aliphatic heterocycles. The van der Waals surface area contributed by atoms with Gasteiger partial charge in [0, 0.05) is 9.99 Å². The summed E-state index contributed by atoms with van der Waals surface area (Å²) in [5.74, 6) is -0.379. The highest BCUT2D eigenvalue weighted by atomic mass is 127. The zero-order valence-electron chi connectivity index (χ0n) is 11.1. The number of rotatable bonds is 6. The molecule has 2 atom stereocenters. The van der Waals surface area contributed by atoms with E-state index in [1.54, 1.807) is 12.1 Å². The summed E-state index contributed by atoms with van der Waals surface area (Å²) in [6.45, 7) is 0. The molecular weight excluding hydrogens is 363 g/mol. The Labute approximate surface area is 133 Å². The average molecular weight is 380 g/mol. The predicted molar refractivity (Wildman–Crippen MR) is 89.2 cm³/mol. The van der Waals surface area contributed by atoms with E-state index in [4.69, 9.17) is 0 Å². The normalized spacial score (nSPS) is 13.7. The first-order chi connectivity index (χ1) is 9.74. The van der Waals surface area contributed by atoms with E-state index in [2.05, 4.69) is 22.6 Å². The van der Waals surface area contributed by atoms with Crippen LogP contribution in [0.3, 0.4) is 0 Å². The standard InChI is InChI=1S/C17H17IO2/c18-12-11-15(16(19)13-7-3-1-4-8-13)17(20)14-9-5-2-6-10-14/h1-10,15-16,19H,11-12H2/t15-,16-/m0/s1. The Morgan fingerprint density at radius 1 is 1.00 bits per heavy atom. The van der Waals surface area contributed by atoms with Crippen LogP contribution in [0.15, 0.2) is 60.7 Å². The molecule has 2 aromatic rings. The molecule has 104 valence electrons. The maximum Gasteiger partial charge on any atom is 0.168 e. The summed E-state index contributed by atoms with van der Waals surface area (Å²) in [4.78, 5) is 12.6. The van der Waals surface area contributed by atoms with E-state index in [-0.39, 0.29) is 5.78 Å². The largest absolute Gasteiger partial charge is 0.388 e. The second-order valence-corrected chi connectivity index (χ2v) is 5.75. The Morgan fingerprint density at radius 2 is 1.55 bits per heavy atom. The lowest BCUT2D eigenvalue weighted by Gasteiger charge is -2.21. The van der Waals surface area contributed by atoms with E-state index in [1.807, 2.05) is 48.5 Å². The number of ketones is 1. The number of benzene rings is 2. The Bertz CT molecular complexity index is 539. The Hall–Kier alpha value is -1.20. The molecule has 0 aliphatic rings. The summed E-state index contributed by atoms with van der Waals surface area (Å²) >= 11 is 2.24. The maximum atomic E-state index is 12.6. The molecule has 0 aliphatic carbocycles. The zero-order valence-corrected chi connectivity index (χ0v) is 13.2. The van der Waals surface area contributed by atoms with E-state index in [1.165, 1.54) is 0 Å². The van der Waals surface area contributed by atoms with Gasteiger partial charge in [0.2, 0.25) is 0 Å². The minimum Gasteiger partial charge on any atom is -0.388 e. The third-order valence-corrected chi connectivity index (χ3v) is 3.96. The molecule has 1 N–H and O–H groups in total. The Balaban J connectivity index is 2.25. The van der Waals surface area contributed by atoms with Crippen molar-refractivity contribution in [3.63, 3.8) is 0 Å². The second-order valence-electron chi connectivity index (χ2n) is 4.67. The van der Waals surface area contributed by atoms with Crippen molar-refractivity contribution in [1.29, 1.82) is 0 Å². The van der Waals surface area contributed by atoms with Crippen LogP contribution in [0.4, 0.5) is 0 Å². The van der Waals surface area contributed by atoms with E-state index < -0.39 is 12.0 Å². The van der Waals surface area contributed by atoms with Gasteiger partial charge in [0.25, 0.3) is 0 Å². The number of hydrogen-bond acceptors (Lipinski definition) is 2. The molecule has 0 saturated carbocycles. The van der Waals surface area contributed by atoms with Crippen molar-refractivity contribution in [2.24, 2.45) is 5.92 Å². The zero-order chi connectivity index (χ0) is 14.4. The van der Waals surface area contributed by atoms with Crippen LogP contribution >= 0.6 is 22.6 Å². The molecule has 20 heavy (non-hydrogen) atoms. The van der Waals surface area contributed by atoms with Crippen molar-refractivity contribution in [3.8, 4) is 0 Å². The monoisotopic (exact) mass is 380 g/mol. The fraction of sp³-hybridized carbons (Fsp3) is 0.235. The number of carbonyl (C=O) groups is 1. The molecular formula is C17H17IO2. The number of Topliss-reactive ketones (excluding diaryl/α,β-unsaturated/α-hetero) is 1. The minimum absolute atomic E-state index is 0.0126. The lowest BCUT2D eigenvalue weighted by atomic mass is 9.87. The summed E-state index contributed by atoms with van der Waals surface area (Å²) in [5, 5.41) is 10.5. The van der Waals surface area contributed by atoms with Gasteiger partial charge in [-0.2, -0.15) is 0 Å². The van der Waals surface area contributed by atoms with Crippen LogP contribution in [-0.4, -0.2) is 15.3 Å². The number of halogens is 1. The quantitative estimate of drug-likeness (QED) is 0.467. The predicted octanol–water partition coefficient (Wildman–Crippen LogP) is 4.04. The van der Waals surface area contributed by atoms with Crippen molar-refractivity contribution in [2.75, 3.05) is 4.43 Å². The van der Waals surface area contributed by atoms with Gasteiger partial charge in [0.05, 0.1) is 12.0 Å². The van der Waals surface area contributed by atoms with Crippen LogP contribution in [0.1, 0.15) is 28.4 Å². The Kier molecular flexibility index (Phi) is 5.73. The third-order valence-electron chi connectivity index (χ3n) is 3.34. The first kappa shape index (κ1) is 15.2. The summed E-state index contributed by atoms with van der Waals surface area (Å²) in [5.41, 5.74) is 1.46. The first-order valence-electron chi connectivity index (χ1n) is 6.62. The van der Waals surface area contributed by atoms with Gasteiger partial charge < -0.3 is 5.11 Å². The van der Waals surface area contributed by atoms with Crippen molar-refractivity contribution < 1.29 is 9.90 Å². The molecule has 0 spiro atoms. The fourth-order valence-corrected chi connectivity index (χ4v) is 2.92. The van der Waals surface area contributed by atoms with Crippen LogP contribution in [0.25, 0.3) is 0 Å². The molecule has 0 saturated heterocycles. The molecule has 0 fully saturated rings. The van der Waals surface area contributed by atoms with Crippen LogP contribution < -0.4 is 0 Å². The lowest BCUT2D eigenvalue weighted by molar-refractivity contribution is 0.0671. The van der Waals surface area contributed by atoms with E-state index in [0.29, 0.717) is 12.0 Å². The van der Waals surface area contributed by atoms with E-state index in [9.17, 15) is 9.90 Å². The van der Waals surface area contributed by atoms with Crippen LogP contribution in [0.2, 0.25) is 0 Å². The van der Waals surface area contributed by atoms with E-state index >= 15 is 0 Å². The van der Waals surface area contributed by atoms with Crippen LogP contribution in [-0.2, 0) is 0 Å². The van der Waals surface area contributed by atoms with Crippen molar-refractivity contribution in [2.45, 2.75) is 12.5 Å². The van der Waals surface area contributed by atoms with Gasteiger partial charge in [-0.25, -0.2) is 0 Å². The minimum atomic E-state index is -0.751. The number of aliphatic hydroxyl groups is 1. The Morgan fingerprint density at radius 3 is 2.10 bits per heavy atom. The molecule has 0 unspecified atom stereocenters. The summed E-state index contributed by atoms with van der Waals surface area (Å²) in [6.07, 6.45) is -0.0802. The topological polar surface area (TPSA) is 37.3 Å². The van der Waals surface area contributed by atoms with Gasteiger partial charge in [0.15, 0.2) is 5.78 Å². The summed E-state index contributed by atoms with van der Waals surface area (Å²) in [7, 11) is 0. The number of carbonyl (C=O) groups excluding carboxylic acids is 1. The molecule has 0 aromatic heterocycles. The first-order valence-corrected chi connectivity index (χ1v) is 8.15. The smallest absolute Gasteiger partial charge is 0.168 e. The highest BCUT2D eigenvalue weighted by Gasteiger charge is 2.28. The number of hydrogen-bond donors (Lipinski definition) is 1. The number of alkyl halides is 1. The SMILES string of the molecule is O=C(c1ccccc1)[C@@H](CCI)[C@@H](O)c1ccccc1. The molecule has 0 radical (unpaired) electrons. The molecule has 2 nitrogen and oxygen atoms in total. The van der Waals surface area contributed by atoms with E-state index in [0.717, 1.165) is 9.99 Å². The van der Waals surface area contributed by atoms with Crippen molar-refractivity contribution in [1.82, 2.24) is 0 Å². The van der Waals surface area contributed by atoms with Gasteiger partial charge in [-0.1, -0.05) is 83.3 Å². The highest BCUT2D eigenvalue weighted by molar-refractivity contribution is 14.1. The third kappa shape index (κ3) is 3.67. The summed E-state index contributed by atoms with van der Waals surface area (Å²) in [6, 6.07) is 18.6. The highest BCUT2D eigenvalue weighted by Crippen LogP contribution is 2.28. The van der Waals surface area contributed by atoms with Gasteiger partial charge in [-0.3, -0.25) is 4.79 Å². The lowest BCUT2D eigenvalue weighted by Crippen LogP contribution is -2.23. The maximum absolute atomic E-state index is 12.6. The molecule has 0 amide bonds. The van der Waals surface area contributed by atoms with Gasteiger partial charge in [-0.15, -0.1) is 0 Å². The molecule has 2 rings (SSSR count). The second kappa shape index (κ2) is 7.55. The fourth-order valence-electron chi connectivity index (χ4n) is 2.25. The van der Waals surface area contributed by atoms with Crippen molar-refractivity contribution >= 4 is 28.4 Å². The molecule has 0 bridgehead atoms. The van der Waals surface area contributed by atoms with Gasteiger partial charge in [-0.05, 0) is 12.0 Å². The van der Waals surface area contributed by atoms with Gasteiger partial charge >= 0.3 is 0 Å². The van der Waals surface area contributed by atoms with Crippen LogP contribution in [0.5, 0.6) is 0 Å². The molecule has 3 heteroatoms. The van der Waals surface area contributed by atoms with Crippen molar-refractivity contribution in [3.05, 3.63) is 71.8 Å². The van der Waals surface area contributed by atoms with Gasteiger partial charge in [0.1, 0.15) is 0 Å². The van der Waals surface area contributed by atoms with Crippen LogP contribution in [0, 0.1) is 5.92 Å².